The lowest BCUT2D eigenvalue weighted by Crippen LogP contribution is -2.47. The minimum absolute atomic E-state index is 0.0177. The number of ether oxygens (including phenoxy) is 1. The molecule has 1 amide bonds. The van der Waals surface area contributed by atoms with Gasteiger partial charge in [0, 0.05) is 44.4 Å². The predicted molar refractivity (Wildman–Crippen MR) is 92.0 cm³/mol. The number of piperidine rings is 1. The maximum absolute atomic E-state index is 12.5. The van der Waals surface area contributed by atoms with E-state index in [2.05, 4.69) is 9.97 Å². The maximum atomic E-state index is 12.5. The largest absolute Gasteiger partial charge is 0.460 e. The van der Waals surface area contributed by atoms with E-state index in [1.807, 2.05) is 16.8 Å². The summed E-state index contributed by atoms with van der Waals surface area (Å²) >= 11 is 0. The molecule has 0 N–H and O–H groups in total. The van der Waals surface area contributed by atoms with Crippen LogP contribution in [-0.2, 0) is 14.6 Å². The van der Waals surface area contributed by atoms with Crippen LogP contribution in [0.1, 0.15) is 19.3 Å². The van der Waals surface area contributed by atoms with E-state index in [0.29, 0.717) is 25.5 Å². The van der Waals surface area contributed by atoms with E-state index in [9.17, 15) is 13.2 Å². The summed E-state index contributed by atoms with van der Waals surface area (Å²) in [6, 6.07) is 2.06. The second-order valence-electron chi connectivity index (χ2n) is 6.70. The lowest BCUT2D eigenvalue weighted by Gasteiger charge is -2.33. The molecule has 8 nitrogen and oxygen atoms in total. The standard InChI is InChI=1S/C16H24N4O4S/c1-19(13-5-10-25(22,23)12-13)11-15(21)20-8-3-14(4-9-20)24-16-17-6-2-7-18-16/h2,6-7,13-14H,3-5,8-12H2,1H3/t13-/m0/s1. The van der Waals surface area contributed by atoms with Gasteiger partial charge >= 0.3 is 6.01 Å². The smallest absolute Gasteiger partial charge is 0.316 e. The Bertz CT molecular complexity index is 689. The quantitative estimate of drug-likeness (QED) is 0.720. The fourth-order valence-electron chi connectivity index (χ4n) is 3.28. The van der Waals surface area contributed by atoms with Crippen LogP contribution in [0.25, 0.3) is 0 Å². The van der Waals surface area contributed by atoms with Crippen LogP contribution in [0, 0.1) is 0 Å². The highest BCUT2D eigenvalue weighted by Crippen LogP contribution is 2.18. The van der Waals surface area contributed by atoms with Crippen molar-refractivity contribution in [1.29, 1.82) is 0 Å². The number of carbonyl (C=O) groups is 1. The third-order valence-electron chi connectivity index (χ3n) is 4.83. The van der Waals surface area contributed by atoms with E-state index in [-0.39, 0.29) is 36.1 Å². The number of amides is 1. The molecule has 0 aliphatic carbocycles. The Labute approximate surface area is 148 Å². The minimum Gasteiger partial charge on any atom is -0.460 e. The van der Waals surface area contributed by atoms with Gasteiger partial charge in [-0.2, -0.15) is 0 Å². The second-order valence-corrected chi connectivity index (χ2v) is 8.93. The first kappa shape index (κ1) is 18.1. The molecule has 2 fully saturated rings. The molecule has 3 rings (SSSR count). The molecule has 3 heterocycles. The number of carbonyl (C=O) groups excluding carboxylic acids is 1. The molecule has 1 atom stereocenters. The zero-order valence-corrected chi connectivity index (χ0v) is 15.2. The molecule has 2 aliphatic heterocycles. The molecule has 0 aromatic carbocycles. The van der Waals surface area contributed by atoms with Crippen LogP contribution in [0.15, 0.2) is 18.5 Å². The maximum Gasteiger partial charge on any atom is 0.316 e. The molecule has 0 unspecified atom stereocenters. The third-order valence-corrected chi connectivity index (χ3v) is 6.58. The van der Waals surface area contributed by atoms with Crippen molar-refractivity contribution in [3.63, 3.8) is 0 Å². The zero-order valence-electron chi connectivity index (χ0n) is 14.4. The molecular weight excluding hydrogens is 344 g/mol. The summed E-state index contributed by atoms with van der Waals surface area (Å²) in [5, 5.41) is 0. The Balaban J connectivity index is 1.44. The van der Waals surface area contributed by atoms with Crippen molar-refractivity contribution < 1.29 is 17.9 Å². The highest BCUT2D eigenvalue weighted by atomic mass is 32.2. The topological polar surface area (TPSA) is 92.7 Å². The van der Waals surface area contributed by atoms with E-state index in [1.54, 1.807) is 18.5 Å². The van der Waals surface area contributed by atoms with Crippen LogP contribution in [-0.4, -0.2) is 84.4 Å². The summed E-state index contributed by atoms with van der Waals surface area (Å²) in [4.78, 5) is 24.3. The summed E-state index contributed by atoms with van der Waals surface area (Å²) in [6.07, 6.45) is 5.39. The van der Waals surface area contributed by atoms with Crippen molar-refractivity contribution in [2.24, 2.45) is 0 Å². The second kappa shape index (κ2) is 7.65. The fraction of sp³-hybridized carbons (Fsp3) is 0.688. The van der Waals surface area contributed by atoms with Gasteiger partial charge in [0.2, 0.25) is 5.91 Å². The van der Waals surface area contributed by atoms with E-state index in [4.69, 9.17) is 4.74 Å². The molecule has 0 radical (unpaired) electrons. The highest BCUT2D eigenvalue weighted by Gasteiger charge is 2.32. The molecule has 2 aliphatic rings. The molecule has 0 saturated carbocycles. The van der Waals surface area contributed by atoms with Gasteiger partial charge in [-0.3, -0.25) is 9.69 Å². The number of hydrogen-bond acceptors (Lipinski definition) is 7. The number of rotatable bonds is 5. The summed E-state index contributed by atoms with van der Waals surface area (Å²) in [7, 11) is -1.11. The predicted octanol–water partition coefficient (Wildman–Crippen LogP) is -0.0347. The molecular formula is C16H24N4O4S. The van der Waals surface area contributed by atoms with Gasteiger partial charge in [0.1, 0.15) is 6.10 Å². The first-order valence-electron chi connectivity index (χ1n) is 8.55. The molecule has 1 aromatic rings. The molecule has 9 heteroatoms. The summed E-state index contributed by atoms with van der Waals surface area (Å²) in [6.45, 7) is 1.52. The average Bonchev–Trinajstić information content (AvgIpc) is 2.96. The van der Waals surface area contributed by atoms with Gasteiger partial charge in [0.25, 0.3) is 0 Å². The molecule has 0 bridgehead atoms. The van der Waals surface area contributed by atoms with E-state index in [0.717, 1.165) is 12.8 Å². The van der Waals surface area contributed by atoms with Crippen molar-refractivity contribution >= 4 is 15.7 Å². The Morgan fingerprint density at radius 3 is 2.56 bits per heavy atom. The van der Waals surface area contributed by atoms with Gasteiger partial charge in [-0.1, -0.05) is 0 Å². The van der Waals surface area contributed by atoms with Crippen LogP contribution in [0.2, 0.25) is 0 Å². The van der Waals surface area contributed by atoms with Crippen molar-refractivity contribution in [3.05, 3.63) is 18.5 Å². The number of nitrogens with zero attached hydrogens (tertiary/aromatic N) is 4. The third kappa shape index (κ3) is 4.88. The Morgan fingerprint density at radius 2 is 1.96 bits per heavy atom. The van der Waals surface area contributed by atoms with Crippen LogP contribution in [0.3, 0.4) is 0 Å². The Hall–Kier alpha value is -1.74. The number of sulfone groups is 1. The normalized spacial score (nSPS) is 23.8. The van der Waals surface area contributed by atoms with Crippen LogP contribution < -0.4 is 4.74 Å². The van der Waals surface area contributed by atoms with Crippen LogP contribution in [0.4, 0.5) is 0 Å². The Kier molecular flexibility index (Phi) is 5.53. The summed E-state index contributed by atoms with van der Waals surface area (Å²) < 4.78 is 28.9. The molecule has 138 valence electrons. The van der Waals surface area contributed by atoms with Gasteiger partial charge < -0.3 is 9.64 Å². The number of hydrogen-bond donors (Lipinski definition) is 0. The van der Waals surface area contributed by atoms with Gasteiger partial charge in [-0.05, 0) is 19.5 Å². The first-order chi connectivity index (χ1) is 11.9. The van der Waals surface area contributed by atoms with E-state index < -0.39 is 9.84 Å². The lowest BCUT2D eigenvalue weighted by molar-refractivity contribution is -0.134. The van der Waals surface area contributed by atoms with Crippen molar-refractivity contribution in [2.45, 2.75) is 31.4 Å². The van der Waals surface area contributed by atoms with Gasteiger partial charge in [-0.25, -0.2) is 18.4 Å². The Morgan fingerprint density at radius 1 is 1.28 bits per heavy atom. The lowest BCUT2D eigenvalue weighted by atomic mass is 10.1. The summed E-state index contributed by atoms with van der Waals surface area (Å²) in [5.41, 5.74) is 0. The number of likely N-dealkylation sites (tertiary alicyclic amines) is 1. The highest BCUT2D eigenvalue weighted by molar-refractivity contribution is 7.91. The van der Waals surface area contributed by atoms with Crippen molar-refractivity contribution in [2.75, 3.05) is 38.2 Å². The summed E-state index contributed by atoms with van der Waals surface area (Å²) in [5.74, 6) is 0.422. The number of aromatic nitrogens is 2. The van der Waals surface area contributed by atoms with E-state index in [1.165, 1.54) is 0 Å². The van der Waals surface area contributed by atoms with Gasteiger partial charge in [0.15, 0.2) is 9.84 Å². The van der Waals surface area contributed by atoms with Gasteiger partial charge in [0.05, 0.1) is 18.1 Å². The average molecular weight is 368 g/mol. The zero-order chi connectivity index (χ0) is 17.9. The fourth-order valence-corrected chi connectivity index (χ4v) is 5.09. The van der Waals surface area contributed by atoms with Gasteiger partial charge in [-0.15, -0.1) is 0 Å². The molecule has 1 aromatic heterocycles. The molecule has 2 saturated heterocycles. The minimum atomic E-state index is -2.93. The molecule has 25 heavy (non-hydrogen) atoms. The van der Waals surface area contributed by atoms with E-state index >= 15 is 0 Å². The van der Waals surface area contributed by atoms with Crippen LogP contribution >= 0.6 is 0 Å². The molecule has 0 spiro atoms. The van der Waals surface area contributed by atoms with Crippen molar-refractivity contribution in [3.8, 4) is 6.01 Å². The first-order valence-corrected chi connectivity index (χ1v) is 10.4. The van der Waals surface area contributed by atoms with Crippen molar-refractivity contribution in [1.82, 2.24) is 19.8 Å². The number of likely N-dealkylation sites (N-methyl/N-ethyl adjacent to an activating group) is 1. The SMILES string of the molecule is CN(CC(=O)N1CCC(Oc2ncccn2)CC1)[C@H]1CCS(=O)(=O)C1. The van der Waals surface area contributed by atoms with Crippen LogP contribution in [0.5, 0.6) is 6.01 Å². The monoisotopic (exact) mass is 368 g/mol.